The number of hydrogen-bond donors (Lipinski definition) is 2. The van der Waals surface area contributed by atoms with Crippen molar-refractivity contribution in [1.29, 1.82) is 5.26 Å². The third-order valence-corrected chi connectivity index (χ3v) is 3.00. The van der Waals surface area contributed by atoms with E-state index in [1.807, 2.05) is 6.07 Å². The molecule has 104 valence electrons. The van der Waals surface area contributed by atoms with Crippen LogP contribution in [0.15, 0.2) is 24.3 Å². The van der Waals surface area contributed by atoms with Gasteiger partial charge in [0, 0.05) is 24.5 Å². The van der Waals surface area contributed by atoms with Gasteiger partial charge in [-0.2, -0.15) is 5.26 Å². The number of rotatable bonds is 4. The van der Waals surface area contributed by atoms with E-state index in [9.17, 15) is 9.59 Å². The van der Waals surface area contributed by atoms with Crippen LogP contribution in [-0.2, 0) is 4.79 Å². The molecule has 0 atom stereocenters. The lowest BCUT2D eigenvalue weighted by Gasteiger charge is -2.18. The van der Waals surface area contributed by atoms with Crippen LogP contribution in [0.4, 0.5) is 16.2 Å². The molecule has 7 heteroatoms. The Kier molecular flexibility index (Phi) is 4.05. The van der Waals surface area contributed by atoms with Gasteiger partial charge < -0.3 is 16.0 Å². The Morgan fingerprint density at radius 1 is 1.35 bits per heavy atom. The molecule has 3 amide bonds. The van der Waals surface area contributed by atoms with Crippen LogP contribution in [0.5, 0.6) is 0 Å². The van der Waals surface area contributed by atoms with Gasteiger partial charge in [0.25, 0.3) is 0 Å². The molecule has 0 aromatic heterocycles. The monoisotopic (exact) mass is 273 g/mol. The lowest BCUT2D eigenvalue weighted by molar-refractivity contribution is -0.121. The molecule has 0 spiro atoms. The Bertz CT molecular complexity index is 549. The van der Waals surface area contributed by atoms with E-state index in [2.05, 4.69) is 5.32 Å². The summed E-state index contributed by atoms with van der Waals surface area (Å²) in [5.41, 5.74) is 6.99. The topological polar surface area (TPSA) is 102 Å². The van der Waals surface area contributed by atoms with Crippen molar-refractivity contribution in [3.63, 3.8) is 0 Å². The van der Waals surface area contributed by atoms with Gasteiger partial charge in [0.05, 0.1) is 6.07 Å². The van der Waals surface area contributed by atoms with Crippen LogP contribution in [0.1, 0.15) is 0 Å². The zero-order chi connectivity index (χ0) is 14.5. The number of nitrogens with two attached hydrogens (primary N) is 1. The van der Waals surface area contributed by atoms with E-state index in [1.54, 1.807) is 29.2 Å². The molecule has 0 saturated carbocycles. The van der Waals surface area contributed by atoms with Crippen LogP contribution in [0.3, 0.4) is 0 Å². The molecule has 1 aliphatic rings. The molecule has 1 saturated heterocycles. The van der Waals surface area contributed by atoms with Crippen LogP contribution < -0.4 is 16.0 Å². The van der Waals surface area contributed by atoms with E-state index in [4.69, 9.17) is 11.0 Å². The first-order valence-corrected chi connectivity index (χ1v) is 6.17. The average Bonchev–Trinajstić information content (AvgIpc) is 2.79. The van der Waals surface area contributed by atoms with Crippen LogP contribution in [-0.4, -0.2) is 43.0 Å². The predicted molar refractivity (Wildman–Crippen MR) is 73.8 cm³/mol. The van der Waals surface area contributed by atoms with Gasteiger partial charge in [-0.05, 0) is 24.3 Å². The standard InChI is InChI=1S/C13H15N5O2/c14-5-6-16-12(19)9-17-7-8-18(13(17)20)11-3-1-10(15)2-4-11/h1-4H,6-9,15H2,(H,16,19). The van der Waals surface area contributed by atoms with E-state index in [-0.39, 0.29) is 25.0 Å². The normalized spacial score (nSPS) is 14.2. The zero-order valence-corrected chi connectivity index (χ0v) is 10.9. The van der Waals surface area contributed by atoms with Gasteiger partial charge >= 0.3 is 6.03 Å². The predicted octanol–water partition coefficient (Wildman–Crippen LogP) is 0.151. The maximum Gasteiger partial charge on any atom is 0.325 e. The Morgan fingerprint density at radius 2 is 2.05 bits per heavy atom. The fourth-order valence-corrected chi connectivity index (χ4v) is 1.99. The van der Waals surface area contributed by atoms with E-state index in [1.165, 1.54) is 4.90 Å². The minimum absolute atomic E-state index is 0.0357. The molecular weight excluding hydrogens is 258 g/mol. The molecule has 1 heterocycles. The molecule has 0 aliphatic carbocycles. The van der Waals surface area contributed by atoms with Gasteiger partial charge in [-0.3, -0.25) is 9.69 Å². The Balaban J connectivity index is 1.97. The van der Waals surface area contributed by atoms with Crippen molar-refractivity contribution in [2.75, 3.05) is 36.8 Å². The summed E-state index contributed by atoms with van der Waals surface area (Å²) in [5.74, 6) is -0.334. The average molecular weight is 273 g/mol. The minimum Gasteiger partial charge on any atom is -0.399 e. The second-order valence-corrected chi connectivity index (χ2v) is 4.38. The molecule has 20 heavy (non-hydrogen) atoms. The highest BCUT2D eigenvalue weighted by molar-refractivity contribution is 5.96. The Hall–Kier alpha value is -2.75. The first-order chi connectivity index (χ1) is 9.61. The van der Waals surface area contributed by atoms with Crippen molar-refractivity contribution in [1.82, 2.24) is 10.2 Å². The molecule has 2 rings (SSSR count). The maximum absolute atomic E-state index is 12.2. The number of carbonyl (C=O) groups excluding carboxylic acids is 2. The number of urea groups is 1. The fourth-order valence-electron chi connectivity index (χ4n) is 1.99. The summed E-state index contributed by atoms with van der Waals surface area (Å²) in [4.78, 5) is 26.7. The lowest BCUT2D eigenvalue weighted by Crippen LogP contribution is -2.40. The number of hydrogen-bond acceptors (Lipinski definition) is 4. The number of nitrogens with zero attached hydrogens (tertiary/aromatic N) is 3. The van der Waals surface area contributed by atoms with Gasteiger partial charge in [-0.15, -0.1) is 0 Å². The molecule has 0 unspecified atom stereocenters. The number of nitriles is 1. The molecule has 0 bridgehead atoms. The van der Waals surface area contributed by atoms with Gasteiger partial charge in [-0.1, -0.05) is 0 Å². The molecular formula is C13H15N5O2. The van der Waals surface area contributed by atoms with E-state index < -0.39 is 0 Å². The van der Waals surface area contributed by atoms with Gasteiger partial charge in [0.2, 0.25) is 5.91 Å². The summed E-state index contributed by atoms with van der Waals surface area (Å²) >= 11 is 0. The van der Waals surface area contributed by atoms with Crippen LogP contribution in [0, 0.1) is 11.3 Å². The number of amides is 3. The second-order valence-electron chi connectivity index (χ2n) is 4.38. The lowest BCUT2D eigenvalue weighted by atomic mass is 10.2. The summed E-state index contributed by atoms with van der Waals surface area (Å²) in [7, 11) is 0. The Morgan fingerprint density at radius 3 is 2.70 bits per heavy atom. The highest BCUT2D eigenvalue weighted by Crippen LogP contribution is 2.21. The number of nitrogens with one attached hydrogen (secondary N) is 1. The first-order valence-electron chi connectivity index (χ1n) is 6.17. The molecule has 1 aromatic carbocycles. The number of anilines is 2. The largest absolute Gasteiger partial charge is 0.399 e. The SMILES string of the molecule is N#CCNC(=O)CN1CCN(c2ccc(N)cc2)C1=O. The molecule has 1 fully saturated rings. The third-order valence-electron chi connectivity index (χ3n) is 3.00. The summed E-state index contributed by atoms with van der Waals surface area (Å²) in [6, 6.07) is 8.59. The fraction of sp³-hybridized carbons (Fsp3) is 0.308. The van der Waals surface area contributed by atoms with Crippen molar-refractivity contribution in [3.05, 3.63) is 24.3 Å². The van der Waals surface area contributed by atoms with E-state index in [0.29, 0.717) is 18.8 Å². The van der Waals surface area contributed by atoms with Crippen LogP contribution in [0.25, 0.3) is 0 Å². The third kappa shape index (κ3) is 2.98. The van der Waals surface area contributed by atoms with E-state index >= 15 is 0 Å². The minimum atomic E-state index is -0.334. The van der Waals surface area contributed by atoms with Gasteiger partial charge in [0.1, 0.15) is 13.1 Å². The molecule has 7 nitrogen and oxygen atoms in total. The quantitative estimate of drug-likeness (QED) is 0.602. The van der Waals surface area contributed by atoms with Crippen LogP contribution >= 0.6 is 0 Å². The number of carbonyl (C=O) groups is 2. The van der Waals surface area contributed by atoms with E-state index in [0.717, 1.165) is 5.69 Å². The molecule has 1 aromatic rings. The van der Waals surface area contributed by atoms with Crippen molar-refractivity contribution < 1.29 is 9.59 Å². The summed E-state index contributed by atoms with van der Waals surface area (Å²) < 4.78 is 0. The number of benzene rings is 1. The van der Waals surface area contributed by atoms with Crippen molar-refractivity contribution >= 4 is 23.3 Å². The summed E-state index contributed by atoms with van der Waals surface area (Å²) in [6.45, 7) is 0.909. The van der Waals surface area contributed by atoms with Crippen LogP contribution in [0.2, 0.25) is 0 Å². The second kappa shape index (κ2) is 5.93. The highest BCUT2D eigenvalue weighted by Gasteiger charge is 2.30. The smallest absolute Gasteiger partial charge is 0.325 e. The van der Waals surface area contributed by atoms with Crippen molar-refractivity contribution in [2.24, 2.45) is 0 Å². The maximum atomic E-state index is 12.2. The summed E-state index contributed by atoms with van der Waals surface area (Å²) in [5, 5.41) is 10.8. The van der Waals surface area contributed by atoms with Crippen molar-refractivity contribution in [3.8, 4) is 6.07 Å². The molecule has 1 aliphatic heterocycles. The number of nitrogen functional groups attached to an aromatic ring is 1. The molecule has 3 N–H and O–H groups in total. The highest BCUT2D eigenvalue weighted by atomic mass is 16.2. The Labute approximate surface area is 116 Å². The van der Waals surface area contributed by atoms with Crippen molar-refractivity contribution in [2.45, 2.75) is 0 Å². The summed E-state index contributed by atoms with van der Waals surface area (Å²) in [6.07, 6.45) is 0. The first kappa shape index (κ1) is 13.7. The molecule has 0 radical (unpaired) electrons. The van der Waals surface area contributed by atoms with Gasteiger partial charge in [-0.25, -0.2) is 4.79 Å². The zero-order valence-electron chi connectivity index (χ0n) is 10.9. The van der Waals surface area contributed by atoms with Gasteiger partial charge in [0.15, 0.2) is 0 Å².